The van der Waals surface area contributed by atoms with Gasteiger partial charge in [0.25, 0.3) is 6.43 Å². The minimum atomic E-state index is -2.72. The van der Waals surface area contributed by atoms with E-state index in [2.05, 4.69) is 4.98 Å². The molecule has 0 spiro atoms. The van der Waals surface area contributed by atoms with E-state index in [-0.39, 0.29) is 22.1 Å². The Hall–Kier alpha value is -2.73. The molecular weight excluding hydrogens is 474 g/mol. The molecule has 0 radical (unpaired) electrons. The molecule has 3 rings (SSSR count). The van der Waals surface area contributed by atoms with Crippen LogP contribution in [0.1, 0.15) is 44.0 Å². The van der Waals surface area contributed by atoms with Crippen molar-refractivity contribution in [3.8, 4) is 11.8 Å². The Morgan fingerprint density at radius 1 is 1.34 bits per heavy atom. The number of thioether (sulfide) groups is 1. The number of aromatic nitrogens is 1. The largest absolute Gasteiger partial charge is 0.496 e. The Morgan fingerprint density at radius 3 is 2.75 bits per heavy atom. The van der Waals surface area contributed by atoms with Crippen LogP contribution in [0.25, 0.3) is 6.08 Å². The predicted molar refractivity (Wildman–Crippen MR) is 124 cm³/mol. The smallest absolute Gasteiger partial charge is 0.280 e. The number of carbonyl (C=O) groups is 1. The molecule has 0 aliphatic heterocycles. The van der Waals surface area contributed by atoms with E-state index in [9.17, 15) is 18.8 Å². The summed E-state index contributed by atoms with van der Waals surface area (Å²) >= 11 is 8.27. The molecule has 0 bridgehead atoms. The molecule has 1 aromatic carbocycles. The lowest BCUT2D eigenvalue weighted by Crippen LogP contribution is -1.99. The van der Waals surface area contributed by atoms with Gasteiger partial charge in [-0.3, -0.25) is 4.79 Å². The lowest BCUT2D eigenvalue weighted by molar-refractivity contribution is 0.105. The van der Waals surface area contributed by atoms with Crippen molar-refractivity contribution in [3.63, 3.8) is 0 Å². The first-order chi connectivity index (χ1) is 15.3. The Bertz CT molecular complexity index is 1220. The maximum absolute atomic E-state index is 13.2. The second-order valence-electron chi connectivity index (χ2n) is 6.62. The van der Waals surface area contributed by atoms with E-state index in [1.165, 1.54) is 42.4 Å². The average Bonchev–Trinajstić information content (AvgIpc) is 3.22. The van der Waals surface area contributed by atoms with E-state index in [1.54, 1.807) is 37.3 Å². The van der Waals surface area contributed by atoms with E-state index in [0.29, 0.717) is 26.3 Å². The Labute approximate surface area is 197 Å². The van der Waals surface area contributed by atoms with Crippen molar-refractivity contribution in [1.29, 1.82) is 5.26 Å². The second kappa shape index (κ2) is 10.7. The van der Waals surface area contributed by atoms with Crippen LogP contribution < -0.4 is 4.74 Å². The molecule has 2 heterocycles. The van der Waals surface area contributed by atoms with Crippen molar-refractivity contribution in [1.82, 2.24) is 4.98 Å². The molecule has 3 aromatic rings. The minimum Gasteiger partial charge on any atom is -0.496 e. The lowest BCUT2D eigenvalue weighted by Gasteiger charge is -2.12. The van der Waals surface area contributed by atoms with Crippen LogP contribution in [0.4, 0.5) is 8.78 Å². The van der Waals surface area contributed by atoms with Gasteiger partial charge < -0.3 is 4.74 Å². The number of thiophene rings is 1. The highest BCUT2D eigenvalue weighted by Gasteiger charge is 2.17. The third-order valence-electron chi connectivity index (χ3n) is 4.45. The summed E-state index contributed by atoms with van der Waals surface area (Å²) in [6, 6.07) is 12.0. The van der Waals surface area contributed by atoms with E-state index < -0.39 is 6.43 Å². The first-order valence-electron chi connectivity index (χ1n) is 9.29. The maximum Gasteiger partial charge on any atom is 0.280 e. The first-order valence-corrected chi connectivity index (χ1v) is 11.5. The van der Waals surface area contributed by atoms with Gasteiger partial charge in [0.1, 0.15) is 22.5 Å². The van der Waals surface area contributed by atoms with Crippen LogP contribution in [-0.2, 0) is 5.75 Å². The van der Waals surface area contributed by atoms with Gasteiger partial charge in [-0.2, -0.15) is 5.26 Å². The van der Waals surface area contributed by atoms with Gasteiger partial charge in [0.05, 0.1) is 21.9 Å². The van der Waals surface area contributed by atoms with Crippen LogP contribution >= 0.6 is 34.7 Å². The summed E-state index contributed by atoms with van der Waals surface area (Å²) < 4.78 is 32.3. The van der Waals surface area contributed by atoms with Crippen molar-refractivity contribution in [2.75, 3.05) is 7.11 Å². The number of ketones is 1. The molecule has 32 heavy (non-hydrogen) atoms. The van der Waals surface area contributed by atoms with E-state index >= 15 is 0 Å². The zero-order valence-electron chi connectivity index (χ0n) is 17.1. The van der Waals surface area contributed by atoms with Crippen molar-refractivity contribution >= 4 is 46.6 Å². The SMILES string of the molecule is COc1ccc(/C=C/C(=O)c2ccc(Cl)s2)cc1CSc1nc(C(F)F)cc(C)c1C#N. The number of methoxy groups -OCH3 is 1. The second-order valence-corrected chi connectivity index (χ2v) is 9.30. The number of hydrogen-bond donors (Lipinski definition) is 0. The predicted octanol–water partition coefficient (Wildman–Crippen LogP) is 7.11. The number of hydrogen-bond acceptors (Lipinski definition) is 6. The minimum absolute atomic E-state index is 0.157. The number of aryl methyl sites for hydroxylation is 1. The monoisotopic (exact) mass is 490 g/mol. The molecule has 9 heteroatoms. The highest BCUT2D eigenvalue weighted by molar-refractivity contribution is 7.98. The summed E-state index contributed by atoms with van der Waals surface area (Å²) in [5.74, 6) is 0.787. The third-order valence-corrected chi connectivity index (χ3v) is 6.72. The molecule has 0 amide bonds. The van der Waals surface area contributed by atoms with Crippen LogP contribution in [0.5, 0.6) is 5.75 Å². The number of benzene rings is 1. The summed E-state index contributed by atoms with van der Waals surface area (Å²) in [6.07, 6.45) is 0.426. The standard InChI is InChI=1S/C23H17ClF2N2O2S2/c1-13-9-17(22(25)26)28-23(16(13)11-27)31-12-15-10-14(4-6-19(15)30-2)3-5-18(29)20-7-8-21(24)32-20/h3-10,22H,12H2,1-2H3/b5-3+. The highest BCUT2D eigenvalue weighted by atomic mass is 35.5. The summed E-state index contributed by atoms with van der Waals surface area (Å²) in [5, 5.41) is 9.67. The Balaban J connectivity index is 1.83. The number of ether oxygens (including phenoxy) is 1. The van der Waals surface area contributed by atoms with E-state index in [4.69, 9.17) is 16.3 Å². The number of halogens is 3. The number of carbonyl (C=O) groups excluding carboxylic acids is 1. The van der Waals surface area contributed by atoms with Crippen molar-refractivity contribution in [2.45, 2.75) is 24.1 Å². The van der Waals surface area contributed by atoms with Crippen LogP contribution in [0.15, 0.2) is 47.5 Å². The summed E-state index contributed by atoms with van der Waals surface area (Å²) in [4.78, 5) is 16.8. The lowest BCUT2D eigenvalue weighted by atomic mass is 10.1. The van der Waals surface area contributed by atoms with Gasteiger partial charge in [0, 0.05) is 11.3 Å². The molecule has 164 valence electrons. The first kappa shape index (κ1) is 23.9. The van der Waals surface area contributed by atoms with Gasteiger partial charge in [0.2, 0.25) is 0 Å². The maximum atomic E-state index is 13.2. The molecular formula is C23H17ClF2N2O2S2. The van der Waals surface area contributed by atoms with Gasteiger partial charge in [-0.1, -0.05) is 23.7 Å². The molecule has 0 saturated heterocycles. The van der Waals surface area contributed by atoms with Crippen molar-refractivity contribution in [2.24, 2.45) is 0 Å². The zero-order chi connectivity index (χ0) is 23.3. The fraction of sp³-hybridized carbons (Fsp3) is 0.174. The normalized spacial score (nSPS) is 11.2. The molecule has 0 N–H and O–H groups in total. The molecule has 0 aliphatic carbocycles. The van der Waals surface area contributed by atoms with Gasteiger partial charge in [-0.05, 0) is 54.5 Å². The summed E-state index contributed by atoms with van der Waals surface area (Å²) in [7, 11) is 1.53. The molecule has 0 saturated carbocycles. The van der Waals surface area contributed by atoms with Crippen molar-refractivity contribution < 1.29 is 18.3 Å². The number of pyridine rings is 1. The molecule has 2 aromatic heterocycles. The Kier molecular flexibility index (Phi) is 8.02. The topological polar surface area (TPSA) is 63.0 Å². The van der Waals surface area contributed by atoms with Gasteiger partial charge in [0.15, 0.2) is 5.78 Å². The number of rotatable bonds is 8. The highest BCUT2D eigenvalue weighted by Crippen LogP contribution is 2.32. The average molecular weight is 491 g/mol. The molecule has 0 aliphatic rings. The van der Waals surface area contributed by atoms with Crippen LogP contribution in [0.3, 0.4) is 0 Å². The van der Waals surface area contributed by atoms with Crippen LogP contribution in [0, 0.1) is 18.3 Å². The number of alkyl halides is 2. The fourth-order valence-electron chi connectivity index (χ4n) is 2.88. The quantitative estimate of drug-likeness (QED) is 0.191. The number of nitrogens with zero attached hydrogens (tertiary/aromatic N) is 2. The molecule has 0 unspecified atom stereocenters. The molecule has 4 nitrogen and oxygen atoms in total. The van der Waals surface area contributed by atoms with E-state index in [0.717, 1.165) is 11.1 Å². The summed E-state index contributed by atoms with van der Waals surface area (Å²) in [5.41, 5.74) is 1.91. The van der Waals surface area contributed by atoms with Gasteiger partial charge >= 0.3 is 0 Å². The Morgan fingerprint density at radius 2 is 2.12 bits per heavy atom. The van der Waals surface area contributed by atoms with Gasteiger partial charge in [-0.15, -0.1) is 23.1 Å². The zero-order valence-corrected chi connectivity index (χ0v) is 19.5. The number of allylic oxidation sites excluding steroid dienone is 1. The fourth-order valence-corrected chi connectivity index (χ4v) is 4.88. The number of nitriles is 1. The van der Waals surface area contributed by atoms with E-state index in [1.807, 2.05) is 12.1 Å². The molecule has 0 atom stereocenters. The van der Waals surface area contributed by atoms with Gasteiger partial charge in [-0.25, -0.2) is 13.8 Å². The summed E-state index contributed by atoms with van der Waals surface area (Å²) in [6.45, 7) is 1.61. The van der Waals surface area contributed by atoms with Crippen molar-refractivity contribution in [3.05, 3.63) is 79.6 Å². The van der Waals surface area contributed by atoms with Crippen LogP contribution in [-0.4, -0.2) is 17.9 Å². The van der Waals surface area contributed by atoms with Crippen LogP contribution in [0.2, 0.25) is 4.34 Å². The third kappa shape index (κ3) is 5.74. The molecule has 0 fully saturated rings.